The van der Waals surface area contributed by atoms with Crippen LogP contribution in [0.1, 0.15) is 5.69 Å². The molecule has 1 rings (SSSR count). The molecule has 0 radical (unpaired) electrons. The molecule has 10 heavy (non-hydrogen) atoms. The summed E-state index contributed by atoms with van der Waals surface area (Å²) in [5, 5.41) is 3.17. The van der Waals surface area contributed by atoms with Gasteiger partial charge in [0.05, 0.1) is 23.6 Å². The second kappa shape index (κ2) is 4.65. The van der Waals surface area contributed by atoms with Gasteiger partial charge in [-0.1, -0.05) is 0 Å². The van der Waals surface area contributed by atoms with Crippen LogP contribution < -0.4 is 5.32 Å². The molecule has 0 bridgehead atoms. The molecule has 0 amide bonds. The van der Waals surface area contributed by atoms with Crippen LogP contribution in [-0.2, 0) is 6.54 Å². The Hall–Kier alpha value is -0.130. The van der Waals surface area contributed by atoms with Crippen LogP contribution in [0.25, 0.3) is 0 Å². The Morgan fingerprint density at radius 2 is 2.60 bits per heavy atom. The molecule has 5 heteroatoms. The second-order valence-corrected chi connectivity index (χ2v) is 2.80. The van der Waals surface area contributed by atoms with E-state index in [9.17, 15) is 0 Å². The van der Waals surface area contributed by atoms with Crippen LogP contribution >= 0.6 is 24.4 Å². The molecule has 0 aliphatic carbocycles. The Labute approximate surface area is 69.6 Å². The summed E-state index contributed by atoms with van der Waals surface area (Å²) in [6.07, 6.45) is 1.77. The van der Waals surface area contributed by atoms with Gasteiger partial charge in [-0.15, -0.1) is 0 Å². The van der Waals surface area contributed by atoms with Crippen LogP contribution in [-0.4, -0.2) is 21.0 Å². The minimum Gasteiger partial charge on any atom is -0.310 e. The highest BCUT2D eigenvalue weighted by Gasteiger charge is 1.92. The van der Waals surface area contributed by atoms with E-state index in [0.29, 0.717) is 0 Å². The van der Waals surface area contributed by atoms with Gasteiger partial charge in [-0.05, 0) is 0 Å². The number of aromatic nitrogens is 2. The molecule has 56 valence electrons. The summed E-state index contributed by atoms with van der Waals surface area (Å²) in [6, 6.07) is 0. The number of thiol groups is 1. The fourth-order valence-corrected chi connectivity index (χ4v) is 1.15. The molecule has 0 saturated heterocycles. The summed E-state index contributed by atoms with van der Waals surface area (Å²) in [5.74, 6) is 0.859. The van der Waals surface area contributed by atoms with Crippen molar-refractivity contribution < 1.29 is 0 Å². The molecule has 0 aliphatic heterocycles. The summed E-state index contributed by atoms with van der Waals surface area (Å²) in [4.78, 5) is 0. The first kappa shape index (κ1) is 7.97. The van der Waals surface area contributed by atoms with Crippen LogP contribution in [0.5, 0.6) is 0 Å². The molecule has 0 saturated carbocycles. The predicted molar refractivity (Wildman–Crippen MR) is 45.5 cm³/mol. The van der Waals surface area contributed by atoms with E-state index in [4.69, 9.17) is 0 Å². The number of hydrogen-bond acceptors (Lipinski definition) is 5. The lowest BCUT2D eigenvalue weighted by Crippen LogP contribution is -2.15. The summed E-state index contributed by atoms with van der Waals surface area (Å²) in [7, 11) is 0. The van der Waals surface area contributed by atoms with Crippen LogP contribution in [0.2, 0.25) is 0 Å². The molecular formula is C5H9N3S2. The van der Waals surface area contributed by atoms with Crippen molar-refractivity contribution in [3.8, 4) is 0 Å². The highest BCUT2D eigenvalue weighted by atomic mass is 32.1. The van der Waals surface area contributed by atoms with E-state index >= 15 is 0 Å². The largest absolute Gasteiger partial charge is 0.310 e. The molecular weight excluding hydrogens is 166 g/mol. The number of nitrogens with zero attached hydrogens (tertiary/aromatic N) is 2. The first-order valence-electron chi connectivity index (χ1n) is 3.01. The molecule has 0 aromatic carbocycles. The average molecular weight is 175 g/mol. The van der Waals surface area contributed by atoms with Gasteiger partial charge in [0.25, 0.3) is 0 Å². The van der Waals surface area contributed by atoms with Crippen LogP contribution in [0.3, 0.4) is 0 Å². The quantitative estimate of drug-likeness (QED) is 0.518. The standard InChI is InChI=1S/C5H9N3S2/c9-2-1-6-3-5-4-7-10-8-5/h4,6,9H,1-3H2. The van der Waals surface area contributed by atoms with Crippen molar-refractivity contribution in [3.63, 3.8) is 0 Å². The normalized spacial score (nSPS) is 10.1. The molecule has 0 spiro atoms. The van der Waals surface area contributed by atoms with Crippen molar-refractivity contribution in [2.45, 2.75) is 6.54 Å². The topological polar surface area (TPSA) is 37.8 Å². The molecule has 0 fully saturated rings. The minimum absolute atomic E-state index is 0.803. The SMILES string of the molecule is SCCNCc1cnsn1. The second-order valence-electron chi connectivity index (χ2n) is 1.80. The average Bonchev–Trinajstić information content (AvgIpc) is 2.41. The van der Waals surface area contributed by atoms with Gasteiger partial charge in [0, 0.05) is 18.8 Å². The lowest BCUT2D eigenvalue weighted by Gasteiger charge is -1.96. The first-order chi connectivity index (χ1) is 4.93. The highest BCUT2D eigenvalue weighted by molar-refractivity contribution is 7.80. The van der Waals surface area contributed by atoms with Gasteiger partial charge in [-0.25, -0.2) is 0 Å². The summed E-state index contributed by atoms with van der Waals surface area (Å²) in [6.45, 7) is 1.72. The lowest BCUT2D eigenvalue weighted by molar-refractivity contribution is 0.722. The molecule has 0 aliphatic rings. The molecule has 0 atom stereocenters. The fraction of sp³-hybridized carbons (Fsp3) is 0.600. The number of rotatable bonds is 4. The fourth-order valence-electron chi connectivity index (χ4n) is 0.557. The van der Waals surface area contributed by atoms with E-state index in [1.165, 1.54) is 11.7 Å². The van der Waals surface area contributed by atoms with Gasteiger partial charge >= 0.3 is 0 Å². The third kappa shape index (κ3) is 2.64. The summed E-state index contributed by atoms with van der Waals surface area (Å²) >= 11 is 5.29. The molecule has 0 unspecified atom stereocenters. The molecule has 1 aromatic rings. The van der Waals surface area contributed by atoms with Gasteiger partial charge in [-0.2, -0.15) is 21.4 Å². The van der Waals surface area contributed by atoms with Gasteiger partial charge in [0.2, 0.25) is 0 Å². The Morgan fingerprint density at radius 1 is 1.70 bits per heavy atom. The van der Waals surface area contributed by atoms with E-state index in [0.717, 1.165) is 24.5 Å². The minimum atomic E-state index is 0.803. The predicted octanol–water partition coefficient (Wildman–Crippen LogP) is 0.557. The smallest absolute Gasteiger partial charge is 0.0880 e. The van der Waals surface area contributed by atoms with Crippen LogP contribution in [0.15, 0.2) is 6.20 Å². The van der Waals surface area contributed by atoms with E-state index in [2.05, 4.69) is 26.7 Å². The maximum atomic E-state index is 4.06. The van der Waals surface area contributed by atoms with Crippen molar-refractivity contribution in [2.75, 3.05) is 12.3 Å². The van der Waals surface area contributed by atoms with Gasteiger partial charge in [0.15, 0.2) is 0 Å². The maximum absolute atomic E-state index is 4.06. The number of hydrogen-bond donors (Lipinski definition) is 2. The van der Waals surface area contributed by atoms with Crippen molar-refractivity contribution in [2.24, 2.45) is 0 Å². The van der Waals surface area contributed by atoms with Gasteiger partial charge in [-0.3, -0.25) is 0 Å². The number of nitrogens with one attached hydrogen (secondary N) is 1. The zero-order valence-electron chi connectivity index (χ0n) is 5.45. The van der Waals surface area contributed by atoms with Crippen LogP contribution in [0.4, 0.5) is 0 Å². The third-order valence-electron chi connectivity index (χ3n) is 1.00. The maximum Gasteiger partial charge on any atom is 0.0880 e. The zero-order valence-corrected chi connectivity index (χ0v) is 7.16. The van der Waals surface area contributed by atoms with Crippen molar-refractivity contribution in [3.05, 3.63) is 11.9 Å². The van der Waals surface area contributed by atoms with E-state index in [-0.39, 0.29) is 0 Å². The van der Waals surface area contributed by atoms with E-state index in [1.807, 2.05) is 0 Å². The zero-order chi connectivity index (χ0) is 7.23. The monoisotopic (exact) mass is 175 g/mol. The van der Waals surface area contributed by atoms with Crippen molar-refractivity contribution in [1.29, 1.82) is 0 Å². The summed E-state index contributed by atoms with van der Waals surface area (Å²) < 4.78 is 7.90. The Morgan fingerprint density at radius 3 is 3.20 bits per heavy atom. The third-order valence-corrected chi connectivity index (χ3v) is 1.74. The summed E-state index contributed by atoms with van der Waals surface area (Å²) in [5.41, 5.74) is 1.01. The Bertz CT molecular complexity index is 163. The van der Waals surface area contributed by atoms with E-state index in [1.54, 1.807) is 6.20 Å². The highest BCUT2D eigenvalue weighted by Crippen LogP contribution is 1.92. The molecule has 1 heterocycles. The van der Waals surface area contributed by atoms with Crippen LogP contribution in [0, 0.1) is 0 Å². The molecule has 3 nitrogen and oxygen atoms in total. The van der Waals surface area contributed by atoms with Crippen molar-refractivity contribution >= 4 is 24.4 Å². The van der Waals surface area contributed by atoms with Gasteiger partial charge in [0.1, 0.15) is 0 Å². The Kier molecular flexibility index (Phi) is 3.71. The van der Waals surface area contributed by atoms with E-state index < -0.39 is 0 Å². The first-order valence-corrected chi connectivity index (χ1v) is 4.38. The molecule has 1 N–H and O–H groups in total. The Balaban J connectivity index is 2.15. The van der Waals surface area contributed by atoms with Gasteiger partial charge < -0.3 is 5.32 Å². The lowest BCUT2D eigenvalue weighted by atomic mass is 10.5. The van der Waals surface area contributed by atoms with Crippen molar-refractivity contribution in [1.82, 2.24) is 14.1 Å². The molecule has 1 aromatic heterocycles.